The van der Waals surface area contributed by atoms with E-state index in [0.29, 0.717) is 38.5 Å². The van der Waals surface area contributed by atoms with Crippen LogP contribution in [0.4, 0.5) is 0 Å². The quantitative estimate of drug-likeness (QED) is 0.0778. The highest BCUT2D eigenvalue weighted by molar-refractivity contribution is 5.87. The zero-order chi connectivity index (χ0) is 44.6. The number of carboxylic acid groups (broad SMARTS) is 1. The Morgan fingerprint density at radius 2 is 1.33 bits per heavy atom. The Balaban J connectivity index is 1.19. The molecular weight excluding hydrogens is 806 g/mol. The van der Waals surface area contributed by atoms with E-state index in [0.717, 1.165) is 24.8 Å². The van der Waals surface area contributed by atoms with Crippen LogP contribution >= 0.6 is 0 Å². The van der Waals surface area contributed by atoms with Gasteiger partial charge in [0.25, 0.3) is 0 Å². The number of ether oxygens (including phenoxy) is 6. The molecule has 19 nitrogen and oxygen atoms in total. The lowest BCUT2D eigenvalue weighted by molar-refractivity contribution is -0.398. The van der Waals surface area contributed by atoms with E-state index >= 15 is 0 Å². The summed E-state index contributed by atoms with van der Waals surface area (Å²) in [6.07, 6.45) is -16.2. The molecule has 7 rings (SSSR count). The van der Waals surface area contributed by atoms with Gasteiger partial charge in [0, 0.05) is 11.3 Å². The molecule has 11 N–H and O–H groups in total. The summed E-state index contributed by atoms with van der Waals surface area (Å²) in [7, 11) is 0. The Morgan fingerprint density at radius 1 is 0.754 bits per heavy atom. The Kier molecular flexibility index (Phi) is 13.5. The van der Waals surface area contributed by atoms with Gasteiger partial charge in [0.1, 0.15) is 61.0 Å². The molecule has 1 spiro atoms. The summed E-state index contributed by atoms with van der Waals surface area (Å²) in [5, 5.41) is 109. The normalized spacial score (nSPS) is 51.6. The number of carbonyl (C=O) groups excluding carboxylic acids is 1. The van der Waals surface area contributed by atoms with Crippen LogP contribution in [0.25, 0.3) is 0 Å². The highest BCUT2D eigenvalue weighted by atomic mass is 16.8. The van der Waals surface area contributed by atoms with Gasteiger partial charge in [-0.15, -0.1) is 0 Å². The average Bonchev–Trinajstić information content (AvgIpc) is 3.42. The van der Waals surface area contributed by atoms with Crippen molar-refractivity contribution < 1.29 is 89.1 Å². The molecule has 1 amide bonds. The first-order valence-electron chi connectivity index (χ1n) is 21.8. The molecule has 0 aromatic heterocycles. The molecule has 61 heavy (non-hydrogen) atoms. The van der Waals surface area contributed by atoms with Crippen LogP contribution in [0.1, 0.15) is 85.5 Å². The highest BCUT2D eigenvalue weighted by Crippen LogP contribution is 2.73. The summed E-state index contributed by atoms with van der Waals surface area (Å²) < 4.78 is 37.3. The van der Waals surface area contributed by atoms with E-state index in [9.17, 15) is 60.7 Å². The Bertz CT molecular complexity index is 1620. The maximum atomic E-state index is 13.9. The third-order valence-electron chi connectivity index (χ3n) is 16.2. The zero-order valence-corrected chi connectivity index (χ0v) is 35.3. The molecule has 3 saturated heterocycles. The van der Waals surface area contributed by atoms with Crippen molar-refractivity contribution in [3.05, 3.63) is 12.2 Å². The van der Waals surface area contributed by atoms with Gasteiger partial charge in [-0.05, 0) is 86.5 Å². The lowest BCUT2D eigenvalue weighted by Crippen LogP contribution is -2.67. The van der Waals surface area contributed by atoms with Crippen molar-refractivity contribution in [3.63, 3.8) is 0 Å². The maximum absolute atomic E-state index is 13.9. The Labute approximate surface area is 354 Å². The fourth-order valence-electron chi connectivity index (χ4n) is 12.7. The lowest BCUT2D eigenvalue weighted by Gasteiger charge is -2.64. The molecule has 3 aliphatic heterocycles. The third kappa shape index (κ3) is 7.90. The van der Waals surface area contributed by atoms with E-state index in [-0.39, 0.29) is 28.6 Å². The highest BCUT2D eigenvalue weighted by Gasteiger charge is 2.69. The number of aliphatic hydroxyl groups excluding tert-OH is 9. The zero-order valence-electron chi connectivity index (χ0n) is 35.3. The number of hydrogen-bond donors (Lipinski definition) is 11. The summed E-state index contributed by atoms with van der Waals surface area (Å²) in [5.41, 5.74) is -1.63. The standard InChI is InChI=1S/C42H67NO18/c1-18-13-41-11-7-24-39(4,9-6-10-40(24,5)38(55)43-20(3)34(53)54)25(41)8-12-42(18,17-41)61-37-33(60-36-31(52)29(50)27(48)22(15-45)57-36)32(28(49)23(16-46)58-37)59-35-30(51)26(47)19(2)21(14-44)56-35/h19-33,35-37,44-52H,1,6-17H2,2-5H3,(H,43,55)(H,53,54)/t19-,20-,21-,22-,23-,24+,25+,26+,27-,28-,29+,30-,31-,32+,33-,35+,36+,37+,39-,40-,41-,42+/m1/s1. The van der Waals surface area contributed by atoms with Gasteiger partial charge in [-0.25, -0.2) is 0 Å². The smallest absolute Gasteiger partial charge is 0.325 e. The number of rotatable bonds is 12. The summed E-state index contributed by atoms with van der Waals surface area (Å²) in [6.45, 7) is 9.73. The van der Waals surface area contributed by atoms with Gasteiger partial charge < -0.3 is 84.8 Å². The molecule has 4 saturated carbocycles. The first kappa shape index (κ1) is 47.1. The monoisotopic (exact) mass is 873 g/mol. The van der Waals surface area contributed by atoms with Gasteiger partial charge in [-0.2, -0.15) is 0 Å². The largest absolute Gasteiger partial charge is 0.480 e. The minimum atomic E-state index is -1.89. The second kappa shape index (κ2) is 17.5. The summed E-state index contributed by atoms with van der Waals surface area (Å²) in [5.74, 6) is -1.93. The molecule has 4 aliphatic carbocycles. The van der Waals surface area contributed by atoms with Gasteiger partial charge in [0.05, 0.1) is 37.6 Å². The van der Waals surface area contributed by atoms with E-state index in [4.69, 9.17) is 28.4 Å². The van der Waals surface area contributed by atoms with E-state index in [2.05, 4.69) is 18.8 Å². The van der Waals surface area contributed by atoms with Crippen molar-refractivity contribution in [1.29, 1.82) is 0 Å². The van der Waals surface area contributed by atoms with E-state index < -0.39 is 135 Å². The average molecular weight is 874 g/mol. The number of aliphatic carboxylic acids is 1. The third-order valence-corrected chi connectivity index (χ3v) is 16.2. The molecule has 348 valence electrons. The molecule has 3 heterocycles. The topological polar surface area (TPSA) is 304 Å². The summed E-state index contributed by atoms with van der Waals surface area (Å²) >= 11 is 0. The number of nitrogens with one attached hydrogen (secondary N) is 1. The van der Waals surface area contributed by atoms with Crippen LogP contribution in [-0.4, -0.2) is 180 Å². The van der Waals surface area contributed by atoms with Gasteiger partial charge in [0.15, 0.2) is 18.9 Å². The molecule has 2 bridgehead atoms. The predicted molar refractivity (Wildman–Crippen MR) is 208 cm³/mol. The van der Waals surface area contributed by atoms with Crippen LogP contribution in [0, 0.1) is 34.0 Å². The van der Waals surface area contributed by atoms with Crippen molar-refractivity contribution in [2.24, 2.45) is 34.0 Å². The molecule has 22 atom stereocenters. The number of carboxylic acids is 1. The second-order valence-electron chi connectivity index (χ2n) is 19.6. The van der Waals surface area contributed by atoms with Crippen LogP contribution in [0.3, 0.4) is 0 Å². The fraction of sp³-hybridized carbons (Fsp3) is 0.905. The molecular formula is C42H67NO18. The minimum absolute atomic E-state index is 0.0142. The van der Waals surface area contributed by atoms with Crippen LogP contribution in [-0.2, 0) is 38.0 Å². The molecule has 0 radical (unpaired) electrons. The molecule has 7 fully saturated rings. The maximum Gasteiger partial charge on any atom is 0.325 e. The predicted octanol–water partition coefficient (Wildman–Crippen LogP) is -1.59. The second-order valence-corrected chi connectivity index (χ2v) is 19.6. The van der Waals surface area contributed by atoms with Crippen molar-refractivity contribution >= 4 is 11.9 Å². The van der Waals surface area contributed by atoms with Crippen molar-refractivity contribution in [2.45, 2.75) is 183 Å². The van der Waals surface area contributed by atoms with Gasteiger partial charge >= 0.3 is 5.97 Å². The first-order valence-corrected chi connectivity index (χ1v) is 21.8. The fourth-order valence-corrected chi connectivity index (χ4v) is 12.7. The molecule has 7 aliphatic rings. The SMILES string of the molecule is C=C1C[C@@]23CC[C@H]4[C@@](C)(CCC[C@@]4(C)C(=O)N[C@H](C)C(=O)O)[C@@H]2CC[C@]1(O[C@@H]1O[C@H](CO)[C@@H](O)[C@H](O[C@@H]2O[C@H](CO)[C@@H](C)[C@H](O)[C@H]2O)[C@H]1O[C@@H]1O[C@H](CO)[C@@H](O)[C@H](O)[C@H]1O)C3. The van der Waals surface area contributed by atoms with Crippen LogP contribution < -0.4 is 5.32 Å². The van der Waals surface area contributed by atoms with E-state index in [1.54, 1.807) is 6.92 Å². The summed E-state index contributed by atoms with van der Waals surface area (Å²) in [4.78, 5) is 25.5. The number of amides is 1. The van der Waals surface area contributed by atoms with Gasteiger partial charge in [0.2, 0.25) is 5.91 Å². The molecule has 0 aromatic carbocycles. The van der Waals surface area contributed by atoms with Gasteiger partial charge in [-0.1, -0.05) is 33.8 Å². The van der Waals surface area contributed by atoms with Crippen LogP contribution in [0.15, 0.2) is 12.2 Å². The Hall–Kier alpha value is -1.92. The number of carbonyl (C=O) groups is 2. The first-order chi connectivity index (χ1) is 28.7. The van der Waals surface area contributed by atoms with Crippen molar-refractivity contribution in [3.8, 4) is 0 Å². The number of fused-ring (bicyclic) bond motifs is 3. The minimum Gasteiger partial charge on any atom is -0.480 e. The Morgan fingerprint density at radius 3 is 1.97 bits per heavy atom. The van der Waals surface area contributed by atoms with E-state index in [1.807, 2.05) is 6.92 Å². The van der Waals surface area contributed by atoms with Crippen LogP contribution in [0.2, 0.25) is 0 Å². The number of hydrogen-bond acceptors (Lipinski definition) is 17. The number of aliphatic hydroxyl groups is 9. The molecule has 0 aromatic rings. The van der Waals surface area contributed by atoms with E-state index in [1.165, 1.54) is 6.92 Å². The lowest BCUT2D eigenvalue weighted by atomic mass is 9.40. The van der Waals surface area contributed by atoms with Gasteiger partial charge in [-0.3, -0.25) is 9.59 Å². The van der Waals surface area contributed by atoms with Crippen molar-refractivity contribution in [1.82, 2.24) is 5.32 Å². The molecule has 19 heteroatoms. The van der Waals surface area contributed by atoms with Crippen molar-refractivity contribution in [2.75, 3.05) is 19.8 Å². The molecule has 0 unspecified atom stereocenters. The summed E-state index contributed by atoms with van der Waals surface area (Å²) in [6, 6.07) is -1.03. The van der Waals surface area contributed by atoms with Crippen LogP contribution in [0.5, 0.6) is 0 Å².